The Labute approximate surface area is 195 Å². The number of aliphatic hydroxyl groups excluding tert-OH is 1. The number of ketones is 1. The van der Waals surface area contributed by atoms with Gasteiger partial charge in [0.1, 0.15) is 23.4 Å². The highest BCUT2D eigenvalue weighted by molar-refractivity contribution is 7.10. The number of Topliss-reactive ketones (excluding diaryl/α,β-unsaturated/α-hetero) is 1. The molecular weight excluding hydrogens is 441 g/mol. The van der Waals surface area contributed by atoms with Crippen LogP contribution >= 0.6 is 11.3 Å². The highest BCUT2D eigenvalue weighted by Gasteiger charge is 2.47. The van der Waals surface area contributed by atoms with Crippen LogP contribution in [0.25, 0.3) is 5.76 Å². The molecule has 4 rings (SSSR count). The number of aliphatic hydroxyl groups is 1. The molecule has 1 N–H and O–H groups in total. The van der Waals surface area contributed by atoms with Crippen molar-refractivity contribution >= 4 is 28.8 Å². The highest BCUT2D eigenvalue weighted by atomic mass is 32.1. The predicted octanol–water partition coefficient (Wildman–Crippen LogP) is 5.60. The molecule has 1 saturated heterocycles. The summed E-state index contributed by atoms with van der Waals surface area (Å²) in [5.74, 6) is -1.41. The number of hydrogen-bond acceptors (Lipinski definition) is 5. The third-order valence-corrected chi connectivity index (χ3v) is 6.53. The van der Waals surface area contributed by atoms with Crippen molar-refractivity contribution in [3.05, 3.63) is 92.9 Å². The van der Waals surface area contributed by atoms with E-state index < -0.39 is 17.7 Å². The maximum atomic E-state index is 13.4. The molecular formula is C26H24FNO4S. The monoisotopic (exact) mass is 465 g/mol. The van der Waals surface area contributed by atoms with E-state index in [9.17, 15) is 19.1 Å². The Morgan fingerprint density at radius 2 is 1.76 bits per heavy atom. The maximum Gasteiger partial charge on any atom is 0.295 e. The summed E-state index contributed by atoms with van der Waals surface area (Å²) in [7, 11) is 0. The number of likely N-dealkylation sites (tertiary alicyclic amines) is 1. The van der Waals surface area contributed by atoms with Gasteiger partial charge in [0.2, 0.25) is 0 Å². The van der Waals surface area contributed by atoms with Crippen LogP contribution in [0.4, 0.5) is 4.39 Å². The zero-order valence-corrected chi connectivity index (χ0v) is 19.4. The fraction of sp³-hybridized carbons (Fsp3) is 0.231. The zero-order chi connectivity index (χ0) is 23.7. The molecule has 5 nitrogen and oxygen atoms in total. The number of halogens is 1. The summed E-state index contributed by atoms with van der Waals surface area (Å²) in [6.45, 7) is 5.85. The van der Waals surface area contributed by atoms with Crippen molar-refractivity contribution in [3.63, 3.8) is 0 Å². The number of thiophene rings is 1. The lowest BCUT2D eigenvalue weighted by molar-refractivity contribution is -0.140. The summed E-state index contributed by atoms with van der Waals surface area (Å²) in [6, 6.07) is 13.7. The number of nitrogens with zero attached hydrogens (tertiary/aromatic N) is 1. The molecule has 1 amide bonds. The first kappa shape index (κ1) is 22.7. The van der Waals surface area contributed by atoms with Crippen LogP contribution in [-0.2, 0) is 16.1 Å². The molecule has 0 saturated carbocycles. The van der Waals surface area contributed by atoms with E-state index in [4.69, 9.17) is 4.74 Å². The summed E-state index contributed by atoms with van der Waals surface area (Å²) in [4.78, 5) is 28.4. The Bertz CT molecular complexity index is 1210. The SMILES string of the molecule is Cc1ccsc1C1/C(=C(/O)c2ccc(OC(C)C)cc2)C(=O)C(=O)N1Cc1ccc(F)cc1. The van der Waals surface area contributed by atoms with Crippen molar-refractivity contribution in [1.29, 1.82) is 0 Å². The maximum absolute atomic E-state index is 13.4. The zero-order valence-electron chi connectivity index (χ0n) is 18.5. The summed E-state index contributed by atoms with van der Waals surface area (Å²) < 4.78 is 19.0. The van der Waals surface area contributed by atoms with Gasteiger partial charge in [-0.2, -0.15) is 0 Å². The Morgan fingerprint density at radius 1 is 1.09 bits per heavy atom. The van der Waals surface area contributed by atoms with Gasteiger partial charge in [-0.15, -0.1) is 11.3 Å². The van der Waals surface area contributed by atoms with E-state index in [0.717, 1.165) is 10.4 Å². The smallest absolute Gasteiger partial charge is 0.295 e. The van der Waals surface area contributed by atoms with Crippen molar-refractivity contribution in [2.24, 2.45) is 0 Å². The van der Waals surface area contributed by atoms with Crippen molar-refractivity contribution in [3.8, 4) is 5.75 Å². The van der Waals surface area contributed by atoms with Gasteiger partial charge in [-0.1, -0.05) is 12.1 Å². The third kappa shape index (κ3) is 4.54. The average Bonchev–Trinajstić information content (AvgIpc) is 3.30. The number of rotatable bonds is 6. The normalized spacial score (nSPS) is 17.7. The number of aryl methyl sites for hydroxylation is 1. The van der Waals surface area contributed by atoms with Gasteiger partial charge in [0.15, 0.2) is 0 Å². The van der Waals surface area contributed by atoms with E-state index in [2.05, 4.69) is 0 Å². The molecule has 1 aliphatic heterocycles. The van der Waals surface area contributed by atoms with Crippen LogP contribution < -0.4 is 4.74 Å². The first-order chi connectivity index (χ1) is 15.8. The van der Waals surface area contributed by atoms with Gasteiger partial charge in [-0.05, 0) is 79.7 Å². The van der Waals surface area contributed by atoms with E-state index in [-0.39, 0.29) is 29.8 Å². The minimum atomic E-state index is -0.741. The molecule has 1 aliphatic rings. The van der Waals surface area contributed by atoms with Crippen LogP contribution in [-0.4, -0.2) is 27.8 Å². The van der Waals surface area contributed by atoms with Crippen LogP contribution in [0.2, 0.25) is 0 Å². The number of amides is 1. The first-order valence-electron chi connectivity index (χ1n) is 10.6. The second kappa shape index (κ2) is 9.19. The molecule has 170 valence electrons. The topological polar surface area (TPSA) is 66.8 Å². The van der Waals surface area contributed by atoms with E-state index in [0.29, 0.717) is 16.9 Å². The van der Waals surface area contributed by atoms with Gasteiger partial charge in [0.25, 0.3) is 11.7 Å². The van der Waals surface area contributed by atoms with Crippen LogP contribution in [0, 0.1) is 12.7 Å². The standard InChI is InChI=1S/C26H24FNO4S/c1-15(2)32-20-10-6-18(7-11-20)23(29)21-22(25-16(3)12-13-33-25)28(26(31)24(21)30)14-17-4-8-19(27)9-5-17/h4-13,15,22,29H,14H2,1-3H3/b23-21-. The number of carbonyl (C=O) groups excluding carboxylic acids is 2. The molecule has 1 atom stereocenters. The largest absolute Gasteiger partial charge is 0.507 e. The van der Waals surface area contributed by atoms with Crippen LogP contribution in [0.1, 0.15) is 41.5 Å². The highest BCUT2D eigenvalue weighted by Crippen LogP contribution is 2.43. The lowest BCUT2D eigenvalue weighted by atomic mass is 9.98. The van der Waals surface area contributed by atoms with Gasteiger partial charge < -0.3 is 14.7 Å². The molecule has 1 aromatic heterocycles. The molecule has 0 bridgehead atoms. The van der Waals surface area contributed by atoms with Crippen molar-refractivity contribution in [1.82, 2.24) is 4.90 Å². The lowest BCUT2D eigenvalue weighted by Gasteiger charge is -2.25. The first-order valence-corrected chi connectivity index (χ1v) is 11.5. The molecule has 2 heterocycles. The van der Waals surface area contributed by atoms with Crippen LogP contribution in [0.5, 0.6) is 5.75 Å². The van der Waals surface area contributed by atoms with E-state index in [1.807, 2.05) is 32.2 Å². The quantitative estimate of drug-likeness (QED) is 0.292. The summed E-state index contributed by atoms with van der Waals surface area (Å²) >= 11 is 1.42. The van der Waals surface area contributed by atoms with E-state index in [1.165, 1.54) is 28.4 Å². The molecule has 0 aliphatic carbocycles. The van der Waals surface area contributed by atoms with Crippen molar-refractivity contribution in [2.75, 3.05) is 0 Å². The van der Waals surface area contributed by atoms with E-state index in [1.54, 1.807) is 36.4 Å². The second-order valence-electron chi connectivity index (χ2n) is 8.21. The van der Waals surface area contributed by atoms with Gasteiger partial charge in [0.05, 0.1) is 11.7 Å². The minimum absolute atomic E-state index is 0.00281. The number of carbonyl (C=O) groups is 2. The third-order valence-electron chi connectivity index (χ3n) is 5.46. The molecule has 3 aromatic rings. The molecule has 1 unspecified atom stereocenters. The minimum Gasteiger partial charge on any atom is -0.507 e. The van der Waals surface area contributed by atoms with Crippen molar-refractivity contribution < 1.29 is 23.8 Å². The molecule has 2 aromatic carbocycles. The fourth-order valence-electron chi connectivity index (χ4n) is 3.89. The predicted molar refractivity (Wildman–Crippen MR) is 126 cm³/mol. The van der Waals surface area contributed by atoms with Gasteiger partial charge in [-0.3, -0.25) is 9.59 Å². The average molecular weight is 466 g/mol. The van der Waals surface area contributed by atoms with Crippen LogP contribution in [0.15, 0.2) is 65.6 Å². The van der Waals surface area contributed by atoms with Crippen molar-refractivity contribution in [2.45, 2.75) is 39.5 Å². The summed E-state index contributed by atoms with van der Waals surface area (Å²) in [6.07, 6.45) is 0.00281. The number of benzene rings is 2. The number of ether oxygens (including phenoxy) is 1. The van der Waals surface area contributed by atoms with Gasteiger partial charge in [-0.25, -0.2) is 4.39 Å². The number of hydrogen-bond donors (Lipinski definition) is 1. The Balaban J connectivity index is 1.78. The molecule has 0 radical (unpaired) electrons. The van der Waals surface area contributed by atoms with Gasteiger partial charge in [0, 0.05) is 17.0 Å². The Hall–Kier alpha value is -3.45. The molecule has 33 heavy (non-hydrogen) atoms. The lowest BCUT2D eigenvalue weighted by Crippen LogP contribution is -2.29. The van der Waals surface area contributed by atoms with E-state index >= 15 is 0 Å². The fourth-order valence-corrected chi connectivity index (χ4v) is 4.93. The Kier molecular flexibility index (Phi) is 6.33. The molecule has 7 heteroatoms. The molecule has 0 spiro atoms. The van der Waals surface area contributed by atoms with Gasteiger partial charge >= 0.3 is 0 Å². The second-order valence-corrected chi connectivity index (χ2v) is 9.16. The Morgan fingerprint density at radius 3 is 2.33 bits per heavy atom. The van der Waals surface area contributed by atoms with Crippen LogP contribution in [0.3, 0.4) is 0 Å². The summed E-state index contributed by atoms with van der Waals surface area (Å²) in [5, 5.41) is 13.0. The molecule has 1 fully saturated rings. The summed E-state index contributed by atoms with van der Waals surface area (Å²) in [5.41, 5.74) is 2.07.